The van der Waals surface area contributed by atoms with Crippen LogP contribution in [0.4, 0.5) is 34.1 Å². The van der Waals surface area contributed by atoms with Crippen molar-refractivity contribution in [3.8, 4) is 22.3 Å². The molecule has 0 amide bonds. The third-order valence-corrected chi connectivity index (χ3v) is 14.3. The first-order valence-corrected chi connectivity index (χ1v) is 22.3. The fourth-order valence-corrected chi connectivity index (χ4v) is 11.2. The van der Waals surface area contributed by atoms with E-state index in [-0.39, 0.29) is 10.8 Å². The largest absolute Gasteiger partial charge is 0.310 e. The van der Waals surface area contributed by atoms with Crippen molar-refractivity contribution in [3.63, 3.8) is 0 Å². The summed E-state index contributed by atoms with van der Waals surface area (Å²) in [4.78, 5) is 4.95. The molecule has 8 aromatic carbocycles. The van der Waals surface area contributed by atoms with Gasteiger partial charge in [-0.05, 0) is 181 Å². The summed E-state index contributed by atoms with van der Waals surface area (Å²) >= 11 is 0. The first kappa shape index (κ1) is 39.7. The van der Waals surface area contributed by atoms with Gasteiger partial charge in [0.05, 0.1) is 0 Å². The average Bonchev–Trinajstić information content (AvgIpc) is 3.60. The third-order valence-electron chi connectivity index (χ3n) is 14.3. The van der Waals surface area contributed by atoms with Gasteiger partial charge < -0.3 is 9.80 Å². The molecule has 10 rings (SSSR count). The van der Waals surface area contributed by atoms with Crippen molar-refractivity contribution in [1.29, 1.82) is 0 Å². The number of aryl methyl sites for hydroxylation is 8. The van der Waals surface area contributed by atoms with E-state index < -0.39 is 0 Å². The fraction of sp³-hybridized carbons (Fsp3) is 0.233. The van der Waals surface area contributed by atoms with Gasteiger partial charge >= 0.3 is 0 Å². The van der Waals surface area contributed by atoms with E-state index in [1.165, 1.54) is 134 Å². The van der Waals surface area contributed by atoms with Crippen molar-refractivity contribution in [2.45, 2.75) is 93.9 Å². The second-order valence-electron chi connectivity index (χ2n) is 19.6. The molecule has 2 heteroatoms. The van der Waals surface area contributed by atoms with Gasteiger partial charge in [0, 0.05) is 45.0 Å². The van der Waals surface area contributed by atoms with Crippen molar-refractivity contribution < 1.29 is 0 Å². The highest BCUT2D eigenvalue weighted by atomic mass is 15.2. The van der Waals surface area contributed by atoms with Gasteiger partial charge in [-0.25, -0.2) is 0 Å². The molecule has 0 spiro atoms. The van der Waals surface area contributed by atoms with E-state index in [9.17, 15) is 0 Å². The molecule has 0 N–H and O–H groups in total. The Morgan fingerprint density at radius 1 is 0.306 bits per heavy atom. The maximum absolute atomic E-state index is 2.48. The van der Waals surface area contributed by atoms with Gasteiger partial charge in [-0.2, -0.15) is 0 Å². The van der Waals surface area contributed by atoms with Crippen LogP contribution in [0, 0.1) is 55.4 Å². The van der Waals surface area contributed by atoms with Crippen molar-refractivity contribution in [3.05, 3.63) is 200 Å². The first-order chi connectivity index (χ1) is 29.5. The average molecular weight is 807 g/mol. The number of anilines is 6. The molecule has 8 aromatic rings. The molecule has 0 bridgehead atoms. The lowest BCUT2D eigenvalue weighted by atomic mass is 9.80. The van der Waals surface area contributed by atoms with Gasteiger partial charge in [0.15, 0.2) is 0 Å². The van der Waals surface area contributed by atoms with E-state index in [4.69, 9.17) is 0 Å². The minimum Gasteiger partial charge on any atom is -0.310 e. The Labute approximate surface area is 369 Å². The summed E-state index contributed by atoms with van der Waals surface area (Å²) in [7, 11) is 0. The second kappa shape index (κ2) is 14.1. The van der Waals surface area contributed by atoms with E-state index in [0.29, 0.717) is 0 Å². The van der Waals surface area contributed by atoms with Crippen LogP contribution in [0.5, 0.6) is 0 Å². The van der Waals surface area contributed by atoms with Crippen LogP contribution in [-0.2, 0) is 10.8 Å². The first-order valence-electron chi connectivity index (χ1n) is 22.3. The lowest BCUT2D eigenvalue weighted by molar-refractivity contribution is 0.660. The Morgan fingerprint density at radius 2 is 0.613 bits per heavy atom. The number of benzene rings is 8. The zero-order chi connectivity index (χ0) is 43.6. The molecule has 2 aliphatic carbocycles. The Kier molecular flexibility index (Phi) is 9.02. The van der Waals surface area contributed by atoms with Gasteiger partial charge in [-0.1, -0.05) is 135 Å². The Morgan fingerprint density at radius 3 is 0.903 bits per heavy atom. The van der Waals surface area contributed by atoms with E-state index in [0.717, 1.165) is 0 Å². The van der Waals surface area contributed by atoms with Gasteiger partial charge in [-0.3, -0.25) is 0 Å². The van der Waals surface area contributed by atoms with Crippen LogP contribution in [0.1, 0.15) is 94.5 Å². The highest BCUT2D eigenvalue weighted by Gasteiger charge is 2.41. The number of rotatable bonds is 6. The molecule has 0 saturated carbocycles. The van der Waals surface area contributed by atoms with Crippen molar-refractivity contribution >= 4 is 44.9 Å². The molecule has 0 radical (unpaired) electrons. The molecular formula is C60H58N2. The summed E-state index contributed by atoms with van der Waals surface area (Å²) in [5, 5.41) is 2.67. The summed E-state index contributed by atoms with van der Waals surface area (Å²) in [6, 6.07) is 51.5. The molecule has 0 saturated heterocycles. The number of hydrogen-bond donors (Lipinski definition) is 0. The van der Waals surface area contributed by atoms with E-state index >= 15 is 0 Å². The topological polar surface area (TPSA) is 6.48 Å². The molecule has 0 aliphatic heterocycles. The lowest BCUT2D eigenvalue weighted by Crippen LogP contribution is -2.17. The number of nitrogens with zero attached hydrogens (tertiary/aromatic N) is 2. The fourth-order valence-electron chi connectivity index (χ4n) is 11.2. The lowest BCUT2D eigenvalue weighted by Gasteiger charge is -2.30. The van der Waals surface area contributed by atoms with Crippen LogP contribution in [-0.4, -0.2) is 0 Å². The van der Waals surface area contributed by atoms with Gasteiger partial charge in [0.25, 0.3) is 0 Å². The SMILES string of the molecule is Cc1ccc(N(c2ccc3c(c2)C(C)(C)c2ccc4c5c(ccc4c2-3)C(C)(C)c2cc(N(c3ccc(C)cc3C)c3ccc(C)cc3C)ccc2-5)c2ccc(C)cc2C)c(C)c1. The van der Waals surface area contributed by atoms with E-state index in [2.05, 4.69) is 226 Å². The Hall–Kier alpha value is -6.38. The van der Waals surface area contributed by atoms with E-state index in [1.54, 1.807) is 0 Å². The van der Waals surface area contributed by atoms with Crippen LogP contribution in [0.15, 0.2) is 133 Å². The highest BCUT2D eigenvalue weighted by Crippen LogP contribution is 2.58. The zero-order valence-corrected chi connectivity index (χ0v) is 38.6. The van der Waals surface area contributed by atoms with Gasteiger partial charge in [0.2, 0.25) is 0 Å². The van der Waals surface area contributed by atoms with Crippen molar-refractivity contribution in [1.82, 2.24) is 0 Å². The van der Waals surface area contributed by atoms with Crippen LogP contribution < -0.4 is 9.80 Å². The Balaban J connectivity index is 1.13. The zero-order valence-electron chi connectivity index (χ0n) is 38.6. The van der Waals surface area contributed by atoms with Crippen LogP contribution in [0.25, 0.3) is 33.0 Å². The van der Waals surface area contributed by atoms with Gasteiger partial charge in [-0.15, -0.1) is 0 Å². The van der Waals surface area contributed by atoms with Crippen LogP contribution >= 0.6 is 0 Å². The molecule has 0 fully saturated rings. The Bertz CT molecular complexity index is 2860. The predicted octanol–water partition coefficient (Wildman–Crippen LogP) is 16.9. The standard InChI is InChI=1S/C60H58N2/c1-35-13-25-53(39(5)29-35)61(54-26-14-36(2)30-40(54)6)43-17-19-47-51(33-43)59(9,10)49-23-21-46-45(57(47)49)22-24-50-58(46)48-20-18-44(34-52(48)60(50,11)12)62(55-27-15-37(3)31-41(55)7)56-28-16-38(4)32-42(56)8/h13-34H,1-12H3. The molecular weight excluding hydrogens is 749 g/mol. The summed E-state index contributed by atoms with van der Waals surface area (Å²) in [5.41, 5.74) is 28.0. The summed E-state index contributed by atoms with van der Waals surface area (Å²) in [6.45, 7) is 27.3. The van der Waals surface area contributed by atoms with Gasteiger partial charge in [0.1, 0.15) is 0 Å². The minimum atomic E-state index is -0.179. The summed E-state index contributed by atoms with van der Waals surface area (Å²) < 4.78 is 0. The van der Waals surface area contributed by atoms with Crippen LogP contribution in [0.2, 0.25) is 0 Å². The molecule has 62 heavy (non-hydrogen) atoms. The molecule has 0 aromatic heterocycles. The molecule has 0 heterocycles. The molecule has 0 unspecified atom stereocenters. The highest BCUT2D eigenvalue weighted by molar-refractivity contribution is 6.11. The molecule has 308 valence electrons. The van der Waals surface area contributed by atoms with Crippen LogP contribution in [0.3, 0.4) is 0 Å². The second-order valence-corrected chi connectivity index (χ2v) is 19.6. The smallest absolute Gasteiger partial charge is 0.0491 e. The number of hydrogen-bond acceptors (Lipinski definition) is 2. The summed E-state index contributed by atoms with van der Waals surface area (Å²) in [6.07, 6.45) is 0. The third kappa shape index (κ3) is 5.98. The normalized spacial score (nSPS) is 14.1. The molecule has 2 nitrogen and oxygen atoms in total. The van der Waals surface area contributed by atoms with E-state index in [1.807, 2.05) is 0 Å². The van der Waals surface area contributed by atoms with Crippen molar-refractivity contribution in [2.24, 2.45) is 0 Å². The maximum atomic E-state index is 2.48. The predicted molar refractivity (Wildman–Crippen MR) is 266 cm³/mol. The molecule has 2 aliphatic rings. The molecule has 0 atom stereocenters. The maximum Gasteiger partial charge on any atom is 0.0491 e. The quantitative estimate of drug-likeness (QED) is 0.165. The number of fused-ring (bicyclic) bond motifs is 9. The monoisotopic (exact) mass is 806 g/mol. The minimum absolute atomic E-state index is 0.179. The summed E-state index contributed by atoms with van der Waals surface area (Å²) in [5.74, 6) is 0. The van der Waals surface area contributed by atoms with Crippen molar-refractivity contribution in [2.75, 3.05) is 9.80 Å².